The molecule has 4 aliphatic rings. The summed E-state index contributed by atoms with van der Waals surface area (Å²) in [5.41, 5.74) is 27.4. The molecule has 1 unspecified atom stereocenters. The van der Waals surface area contributed by atoms with Gasteiger partial charge in [-0.2, -0.15) is 0 Å². The lowest BCUT2D eigenvalue weighted by molar-refractivity contribution is 0.443. The second-order valence-electron chi connectivity index (χ2n) is 22.7. The number of nitrogens with zero attached hydrogens (tertiary/aromatic N) is 2. The Labute approximate surface area is 467 Å². The number of allylic oxidation sites excluding steroid dienone is 4. The molecule has 0 heterocycles. The molecule has 10 aromatic rings. The van der Waals surface area contributed by atoms with Crippen molar-refractivity contribution in [2.75, 3.05) is 9.80 Å². The minimum Gasteiger partial charge on any atom is -0.310 e. The van der Waals surface area contributed by atoms with E-state index in [0.717, 1.165) is 34.1 Å². The van der Waals surface area contributed by atoms with Crippen LogP contribution >= 0.6 is 0 Å². The van der Waals surface area contributed by atoms with Gasteiger partial charge in [-0.15, -0.1) is 0 Å². The Hall–Kier alpha value is -8.98. The van der Waals surface area contributed by atoms with E-state index in [1.165, 1.54) is 127 Å². The van der Waals surface area contributed by atoms with Crippen LogP contribution in [0, 0.1) is 0 Å². The van der Waals surface area contributed by atoms with Crippen LogP contribution in [0.1, 0.15) is 97.7 Å². The maximum absolute atomic E-state index is 4.69. The van der Waals surface area contributed by atoms with Gasteiger partial charge >= 0.3 is 0 Å². The molecule has 14 rings (SSSR count). The molecule has 0 amide bonds. The highest BCUT2D eigenvalue weighted by Gasteiger charge is 2.52. The van der Waals surface area contributed by atoms with Crippen molar-refractivity contribution in [3.63, 3.8) is 0 Å². The Morgan fingerprint density at radius 1 is 0.430 bits per heavy atom. The summed E-state index contributed by atoms with van der Waals surface area (Å²) in [5, 5.41) is 0. The monoisotopic (exact) mass is 1020 g/mol. The molecule has 0 aromatic heterocycles. The Bertz CT molecular complexity index is 3990. The van der Waals surface area contributed by atoms with Gasteiger partial charge in [0.15, 0.2) is 0 Å². The van der Waals surface area contributed by atoms with Crippen molar-refractivity contribution >= 4 is 34.0 Å². The summed E-state index contributed by atoms with van der Waals surface area (Å²) in [5.74, 6) is 0.658. The third-order valence-corrected chi connectivity index (χ3v) is 18.1. The van der Waals surface area contributed by atoms with E-state index >= 15 is 0 Å². The van der Waals surface area contributed by atoms with Crippen LogP contribution in [0.5, 0.6) is 0 Å². The van der Waals surface area contributed by atoms with Gasteiger partial charge in [0.25, 0.3) is 0 Å². The van der Waals surface area contributed by atoms with Gasteiger partial charge in [0, 0.05) is 39.4 Å². The standard InChI is InChI=1S/C77H64N2/c1-5-58(78(59-29-15-8-16-30-59)62-44-46-70-67(48-62)63-35-21-23-37-69(63)76(70,3)4)49-73-52(2)65-47-57(55-41-39-54(40-42-55)53-25-11-6-12-26-53)43-45-72(65)77(73)71-38-24-22-36-64(71)68-50-66(56-27-13-7-14-28-56)75(51-74(68)77)79(60-31-17-9-18-32-60)61-33-19-10-20-34-61/h5,7-10,13-24,27-51,53H,1,6,11-12,25-26H2,2-4H3/b58-49+. The van der Waals surface area contributed by atoms with E-state index in [1.807, 2.05) is 0 Å². The summed E-state index contributed by atoms with van der Waals surface area (Å²) in [6.07, 6.45) is 11.2. The molecule has 0 aliphatic heterocycles. The molecule has 2 heteroatoms. The minimum absolute atomic E-state index is 0.113. The maximum atomic E-state index is 4.69. The lowest BCUT2D eigenvalue weighted by atomic mass is 9.69. The van der Waals surface area contributed by atoms with Crippen molar-refractivity contribution in [2.45, 2.75) is 69.6 Å². The van der Waals surface area contributed by atoms with Crippen molar-refractivity contribution < 1.29 is 0 Å². The van der Waals surface area contributed by atoms with Crippen LogP contribution in [0.15, 0.2) is 273 Å². The quantitative estimate of drug-likeness (QED) is 0.119. The van der Waals surface area contributed by atoms with Gasteiger partial charge in [-0.05, 0) is 194 Å². The van der Waals surface area contributed by atoms with Crippen molar-refractivity contribution in [3.8, 4) is 44.5 Å². The van der Waals surface area contributed by atoms with Crippen LogP contribution in [0.4, 0.5) is 28.4 Å². The summed E-state index contributed by atoms with van der Waals surface area (Å²) >= 11 is 0. The van der Waals surface area contributed by atoms with E-state index in [9.17, 15) is 0 Å². The summed E-state index contributed by atoms with van der Waals surface area (Å²) in [6, 6.07) is 90.8. The summed E-state index contributed by atoms with van der Waals surface area (Å²) in [6.45, 7) is 11.8. The highest BCUT2D eigenvalue weighted by Crippen LogP contribution is 2.64. The summed E-state index contributed by atoms with van der Waals surface area (Å²) in [4.78, 5) is 4.89. The molecule has 4 aliphatic carbocycles. The average molecular weight is 1020 g/mol. The van der Waals surface area contributed by atoms with Gasteiger partial charge in [-0.25, -0.2) is 0 Å². The molecule has 0 N–H and O–H groups in total. The second kappa shape index (κ2) is 19.5. The van der Waals surface area contributed by atoms with Gasteiger partial charge < -0.3 is 9.80 Å². The summed E-state index contributed by atoms with van der Waals surface area (Å²) < 4.78 is 0. The number of rotatable bonds is 11. The molecule has 1 atom stereocenters. The van der Waals surface area contributed by atoms with E-state index < -0.39 is 5.41 Å². The predicted octanol–water partition coefficient (Wildman–Crippen LogP) is 20.9. The van der Waals surface area contributed by atoms with Crippen molar-refractivity contribution in [1.29, 1.82) is 0 Å². The fraction of sp³-hybridized carbons (Fsp3) is 0.143. The van der Waals surface area contributed by atoms with Crippen LogP contribution < -0.4 is 9.80 Å². The third-order valence-electron chi connectivity index (χ3n) is 18.1. The zero-order chi connectivity index (χ0) is 53.2. The van der Waals surface area contributed by atoms with Crippen LogP contribution in [-0.4, -0.2) is 0 Å². The minimum atomic E-state index is -0.713. The molecular weight excluding hydrogens is 953 g/mol. The Morgan fingerprint density at radius 3 is 1.62 bits per heavy atom. The molecule has 0 radical (unpaired) electrons. The zero-order valence-corrected chi connectivity index (χ0v) is 45.5. The van der Waals surface area contributed by atoms with Crippen molar-refractivity contribution in [3.05, 3.63) is 312 Å². The first-order valence-electron chi connectivity index (χ1n) is 28.5. The second-order valence-corrected chi connectivity index (χ2v) is 22.7. The number of anilines is 5. The van der Waals surface area contributed by atoms with E-state index in [2.05, 4.69) is 292 Å². The van der Waals surface area contributed by atoms with Crippen LogP contribution in [0.3, 0.4) is 0 Å². The number of hydrogen-bond donors (Lipinski definition) is 0. The number of benzene rings is 10. The highest BCUT2D eigenvalue weighted by atomic mass is 15.2. The van der Waals surface area contributed by atoms with Crippen LogP contribution in [0.2, 0.25) is 0 Å². The first-order valence-corrected chi connectivity index (χ1v) is 28.5. The van der Waals surface area contributed by atoms with E-state index in [1.54, 1.807) is 0 Å². The largest absolute Gasteiger partial charge is 0.310 e. The molecule has 1 fully saturated rings. The fourth-order valence-corrected chi connectivity index (χ4v) is 14.3. The van der Waals surface area contributed by atoms with Crippen molar-refractivity contribution in [2.24, 2.45) is 0 Å². The maximum Gasteiger partial charge on any atom is 0.0723 e. The molecule has 1 spiro atoms. The predicted molar refractivity (Wildman–Crippen MR) is 333 cm³/mol. The fourth-order valence-electron chi connectivity index (χ4n) is 14.3. The molecule has 79 heavy (non-hydrogen) atoms. The first kappa shape index (κ1) is 48.4. The topological polar surface area (TPSA) is 6.48 Å². The Balaban J connectivity index is 1.04. The molecular formula is C77H64N2. The van der Waals surface area contributed by atoms with Crippen LogP contribution in [0.25, 0.3) is 50.1 Å². The lowest BCUT2D eigenvalue weighted by Gasteiger charge is -2.35. The SMILES string of the molecule is C=C/C(=C\C1=C(C)c2cc(-c3ccc(C4CCCCC4)cc3)ccc2C12c1ccccc1-c1cc(-c3ccccc3)c(N(c3ccccc3)c3ccccc3)cc12)N(c1ccccc1)c1ccc2c(c1)-c1ccccc1C2(C)C. The Kier molecular flexibility index (Phi) is 11.9. The molecule has 0 saturated heterocycles. The van der Waals surface area contributed by atoms with E-state index in [-0.39, 0.29) is 5.41 Å². The third kappa shape index (κ3) is 7.83. The molecule has 0 bridgehead atoms. The zero-order valence-electron chi connectivity index (χ0n) is 45.5. The normalized spacial score (nSPS) is 16.7. The molecule has 2 nitrogen and oxygen atoms in total. The van der Waals surface area contributed by atoms with E-state index in [0.29, 0.717) is 5.92 Å². The Morgan fingerprint density at radius 2 is 0.962 bits per heavy atom. The number of hydrogen-bond acceptors (Lipinski definition) is 2. The van der Waals surface area contributed by atoms with Gasteiger partial charge in [-0.1, -0.05) is 216 Å². The summed E-state index contributed by atoms with van der Waals surface area (Å²) in [7, 11) is 0. The van der Waals surface area contributed by atoms with Crippen LogP contribution in [-0.2, 0) is 10.8 Å². The van der Waals surface area contributed by atoms with E-state index in [4.69, 9.17) is 0 Å². The van der Waals surface area contributed by atoms with Gasteiger partial charge in [-0.3, -0.25) is 0 Å². The highest BCUT2D eigenvalue weighted by molar-refractivity contribution is 6.01. The average Bonchev–Trinajstić information content (AvgIpc) is 2.95. The molecule has 382 valence electrons. The number of para-hydroxylation sites is 3. The smallest absolute Gasteiger partial charge is 0.0723 e. The lowest BCUT2D eigenvalue weighted by Crippen LogP contribution is -2.28. The first-order chi connectivity index (χ1) is 38.8. The van der Waals surface area contributed by atoms with Gasteiger partial charge in [0.2, 0.25) is 0 Å². The molecule has 10 aromatic carbocycles. The number of fused-ring (bicyclic) bond motifs is 10. The van der Waals surface area contributed by atoms with Gasteiger partial charge in [0.05, 0.1) is 11.1 Å². The van der Waals surface area contributed by atoms with Crippen molar-refractivity contribution in [1.82, 2.24) is 0 Å². The van der Waals surface area contributed by atoms with Gasteiger partial charge in [0.1, 0.15) is 0 Å². The molecule has 1 saturated carbocycles.